The molecular weight excluding hydrogens is 411 g/mol. The molecule has 4 heterocycles. The highest BCUT2D eigenvalue weighted by Gasteiger charge is 2.29. The summed E-state index contributed by atoms with van der Waals surface area (Å²) >= 11 is 0. The summed E-state index contributed by atoms with van der Waals surface area (Å²) in [7, 11) is 0. The van der Waals surface area contributed by atoms with E-state index < -0.39 is 0 Å². The molecule has 3 fully saturated rings. The monoisotopic (exact) mass is 446 g/mol. The van der Waals surface area contributed by atoms with E-state index in [1.165, 1.54) is 32.4 Å². The Morgan fingerprint density at radius 1 is 1.10 bits per heavy atom. The zero-order valence-electron chi connectivity index (χ0n) is 17.5. The van der Waals surface area contributed by atoms with Crippen LogP contribution in [0.5, 0.6) is 0 Å². The van der Waals surface area contributed by atoms with Crippen molar-refractivity contribution in [3.8, 4) is 0 Å². The molecule has 166 valence electrons. The maximum Gasteiger partial charge on any atom is 0.276 e. The third-order valence-corrected chi connectivity index (χ3v) is 6.61. The maximum absolute atomic E-state index is 13.0. The topological polar surface area (TPSA) is 66.3 Å². The fourth-order valence-electron chi connectivity index (χ4n) is 4.79. The lowest BCUT2D eigenvalue weighted by molar-refractivity contribution is 0.0616. The number of carbonyl (C=O) groups excluding carboxylic acids is 1. The molecule has 7 nitrogen and oxygen atoms in total. The van der Waals surface area contributed by atoms with E-state index in [9.17, 15) is 4.79 Å². The molecule has 9 heteroatoms. The average molecular weight is 447 g/mol. The Bertz CT molecular complexity index is 628. The molecule has 1 atom stereocenters. The van der Waals surface area contributed by atoms with E-state index in [0.717, 1.165) is 57.9 Å². The quantitative estimate of drug-likeness (QED) is 0.769. The number of nitrogens with zero attached hydrogens (tertiary/aromatic N) is 5. The van der Waals surface area contributed by atoms with E-state index >= 15 is 0 Å². The first-order valence-electron chi connectivity index (χ1n) is 10.8. The van der Waals surface area contributed by atoms with Crippen LogP contribution in [0.15, 0.2) is 6.20 Å². The van der Waals surface area contributed by atoms with Gasteiger partial charge in [0.25, 0.3) is 5.91 Å². The highest BCUT2D eigenvalue weighted by molar-refractivity contribution is 5.92. The Hall–Kier alpha value is -0.890. The number of aromatic nitrogens is 3. The molecule has 1 unspecified atom stereocenters. The molecule has 1 aromatic heterocycles. The lowest BCUT2D eigenvalue weighted by Gasteiger charge is -2.37. The molecule has 3 aliphatic heterocycles. The van der Waals surface area contributed by atoms with E-state index in [0.29, 0.717) is 17.7 Å². The van der Waals surface area contributed by atoms with Crippen LogP contribution in [0, 0.1) is 11.8 Å². The van der Waals surface area contributed by atoms with Crippen molar-refractivity contribution >= 4 is 30.7 Å². The Kier molecular flexibility index (Phi) is 9.66. The van der Waals surface area contributed by atoms with Crippen molar-refractivity contribution in [2.75, 3.05) is 45.8 Å². The van der Waals surface area contributed by atoms with Crippen LogP contribution in [-0.2, 0) is 0 Å². The summed E-state index contributed by atoms with van der Waals surface area (Å²) in [4.78, 5) is 17.6. The van der Waals surface area contributed by atoms with Gasteiger partial charge in [0, 0.05) is 19.6 Å². The predicted molar refractivity (Wildman–Crippen MR) is 119 cm³/mol. The number of rotatable bonds is 4. The summed E-state index contributed by atoms with van der Waals surface area (Å²) in [6, 6.07) is 0.371. The second-order valence-electron chi connectivity index (χ2n) is 8.81. The molecule has 1 N–H and O–H groups in total. The molecule has 0 radical (unpaired) electrons. The molecule has 0 bridgehead atoms. The van der Waals surface area contributed by atoms with Gasteiger partial charge < -0.3 is 15.1 Å². The molecule has 3 aliphatic rings. The summed E-state index contributed by atoms with van der Waals surface area (Å²) < 4.78 is 1.91. The van der Waals surface area contributed by atoms with Crippen LogP contribution in [0.2, 0.25) is 0 Å². The first kappa shape index (κ1) is 24.4. The molecule has 3 saturated heterocycles. The van der Waals surface area contributed by atoms with Gasteiger partial charge in [-0.25, -0.2) is 4.68 Å². The number of amides is 1. The number of halogens is 2. The van der Waals surface area contributed by atoms with Gasteiger partial charge in [-0.3, -0.25) is 4.79 Å². The van der Waals surface area contributed by atoms with Crippen LogP contribution in [0.1, 0.15) is 62.0 Å². The van der Waals surface area contributed by atoms with Gasteiger partial charge in [0.05, 0.1) is 12.2 Å². The number of hydrogen-bond acceptors (Lipinski definition) is 5. The van der Waals surface area contributed by atoms with Gasteiger partial charge in [0.15, 0.2) is 5.69 Å². The molecule has 0 spiro atoms. The van der Waals surface area contributed by atoms with Gasteiger partial charge in [-0.15, -0.1) is 29.9 Å². The van der Waals surface area contributed by atoms with Gasteiger partial charge in [-0.2, -0.15) is 0 Å². The summed E-state index contributed by atoms with van der Waals surface area (Å²) in [5.74, 6) is 1.52. The summed E-state index contributed by atoms with van der Waals surface area (Å²) in [6.45, 7) is 9.67. The second kappa shape index (κ2) is 11.5. The van der Waals surface area contributed by atoms with Crippen LogP contribution in [0.3, 0.4) is 0 Å². The molecule has 4 rings (SSSR count). The highest BCUT2D eigenvalue weighted by Crippen LogP contribution is 2.23. The standard InChI is InChI=1S/C20H34N6O.2ClH/c1-16-6-11-24(12-7-16)13-17-3-2-10-25(14-17)20(27)19-15-26(23-22-19)18-4-8-21-9-5-18;;/h15-18,21H,2-14H2,1H3;2*1H. The molecule has 1 amide bonds. The minimum Gasteiger partial charge on any atom is -0.337 e. The maximum atomic E-state index is 13.0. The minimum atomic E-state index is 0. The zero-order chi connectivity index (χ0) is 18.6. The fourth-order valence-corrected chi connectivity index (χ4v) is 4.79. The van der Waals surface area contributed by atoms with Gasteiger partial charge in [0.1, 0.15) is 0 Å². The third kappa shape index (κ3) is 6.29. The van der Waals surface area contributed by atoms with Crippen molar-refractivity contribution in [3.63, 3.8) is 0 Å². The highest BCUT2D eigenvalue weighted by atomic mass is 35.5. The van der Waals surface area contributed by atoms with Crippen LogP contribution in [0.4, 0.5) is 0 Å². The Morgan fingerprint density at radius 3 is 2.55 bits per heavy atom. The largest absolute Gasteiger partial charge is 0.337 e. The van der Waals surface area contributed by atoms with E-state index in [1.807, 2.05) is 15.8 Å². The van der Waals surface area contributed by atoms with E-state index in [4.69, 9.17) is 0 Å². The molecule has 0 aromatic carbocycles. The van der Waals surface area contributed by atoms with Crippen LogP contribution in [-0.4, -0.2) is 76.5 Å². The van der Waals surface area contributed by atoms with Crippen molar-refractivity contribution in [2.45, 2.75) is 51.5 Å². The van der Waals surface area contributed by atoms with Crippen LogP contribution in [0.25, 0.3) is 0 Å². The molecular formula is C20H36Cl2N6O. The SMILES string of the molecule is CC1CCN(CC2CCCN(C(=O)c3cn(C4CCNCC4)nn3)C2)CC1.Cl.Cl. The van der Waals surface area contributed by atoms with Crippen molar-refractivity contribution in [2.24, 2.45) is 11.8 Å². The first-order valence-corrected chi connectivity index (χ1v) is 10.8. The van der Waals surface area contributed by atoms with E-state index in [2.05, 4.69) is 27.5 Å². The molecule has 0 aliphatic carbocycles. The van der Waals surface area contributed by atoms with Gasteiger partial charge in [-0.1, -0.05) is 12.1 Å². The van der Waals surface area contributed by atoms with E-state index in [-0.39, 0.29) is 30.7 Å². The number of hydrogen-bond donors (Lipinski definition) is 1. The lowest BCUT2D eigenvalue weighted by Crippen LogP contribution is -2.45. The smallest absolute Gasteiger partial charge is 0.276 e. The Morgan fingerprint density at radius 2 is 1.83 bits per heavy atom. The van der Waals surface area contributed by atoms with Gasteiger partial charge >= 0.3 is 0 Å². The van der Waals surface area contributed by atoms with Crippen molar-refractivity contribution in [1.29, 1.82) is 0 Å². The molecule has 0 saturated carbocycles. The number of likely N-dealkylation sites (tertiary alicyclic amines) is 2. The predicted octanol–water partition coefficient (Wildman–Crippen LogP) is 2.63. The minimum absolute atomic E-state index is 0. The van der Waals surface area contributed by atoms with Crippen LogP contribution >= 0.6 is 24.8 Å². The van der Waals surface area contributed by atoms with Gasteiger partial charge in [-0.05, 0) is 76.5 Å². The Balaban J connectivity index is 0.00000150. The fraction of sp³-hybridized carbons (Fsp3) is 0.850. The van der Waals surface area contributed by atoms with Crippen molar-refractivity contribution < 1.29 is 4.79 Å². The number of nitrogens with one attached hydrogen (secondary N) is 1. The van der Waals surface area contributed by atoms with E-state index in [1.54, 1.807) is 0 Å². The van der Waals surface area contributed by atoms with Crippen LogP contribution < -0.4 is 5.32 Å². The molecule has 29 heavy (non-hydrogen) atoms. The summed E-state index contributed by atoms with van der Waals surface area (Å²) in [6.07, 6.45) is 8.94. The van der Waals surface area contributed by atoms with Crippen molar-refractivity contribution in [3.05, 3.63) is 11.9 Å². The Labute approximate surface area is 186 Å². The van der Waals surface area contributed by atoms with Gasteiger partial charge in [0.2, 0.25) is 0 Å². The third-order valence-electron chi connectivity index (χ3n) is 6.61. The van der Waals surface area contributed by atoms with Crippen molar-refractivity contribution in [1.82, 2.24) is 30.1 Å². The lowest BCUT2D eigenvalue weighted by atomic mass is 9.94. The molecule has 1 aromatic rings. The average Bonchev–Trinajstić information content (AvgIpc) is 3.20. The normalized spacial score (nSPS) is 24.6. The summed E-state index contributed by atoms with van der Waals surface area (Å²) in [5.41, 5.74) is 0.515. The number of piperidine rings is 3. The number of carbonyl (C=O) groups is 1. The summed E-state index contributed by atoms with van der Waals surface area (Å²) in [5, 5.41) is 11.8. The first-order chi connectivity index (χ1) is 13.2. The second-order valence-corrected chi connectivity index (χ2v) is 8.81. The zero-order valence-corrected chi connectivity index (χ0v) is 19.1.